The summed E-state index contributed by atoms with van der Waals surface area (Å²) in [6, 6.07) is 0.373. The maximum Gasteiger partial charge on any atom is 0.243 e. The van der Waals surface area contributed by atoms with E-state index in [-0.39, 0.29) is 18.0 Å². The summed E-state index contributed by atoms with van der Waals surface area (Å²) in [6.45, 7) is 3.41. The Labute approximate surface area is 72.0 Å². The average Bonchev–Trinajstić information content (AvgIpc) is 2.75. The molecule has 0 heterocycles. The minimum absolute atomic E-state index is 0.100. The molecule has 3 N–H and O–H groups in total. The second-order valence-corrected chi connectivity index (χ2v) is 3.79. The lowest BCUT2D eigenvalue weighted by Crippen LogP contribution is -2.45. The summed E-state index contributed by atoms with van der Waals surface area (Å²) in [4.78, 5) is 11.0. The smallest absolute Gasteiger partial charge is 0.243 e. The van der Waals surface area contributed by atoms with Gasteiger partial charge >= 0.3 is 0 Å². The van der Waals surface area contributed by atoms with Crippen LogP contribution in [0.1, 0.15) is 12.8 Å². The van der Waals surface area contributed by atoms with Gasteiger partial charge in [-0.25, -0.2) is 0 Å². The van der Waals surface area contributed by atoms with E-state index in [9.17, 15) is 4.79 Å². The van der Waals surface area contributed by atoms with Gasteiger partial charge in [0.15, 0.2) is 0 Å². The number of hydrogen-bond acceptors (Lipinski definition) is 2. The lowest BCUT2D eigenvalue weighted by molar-refractivity contribution is -0.117. The molecule has 4 unspecified atom stereocenters. The molecule has 2 aliphatic rings. The molecule has 0 spiro atoms. The number of fused-ring (bicyclic) bond motifs is 1. The molecule has 2 fully saturated rings. The highest BCUT2D eigenvalue weighted by molar-refractivity contribution is 5.87. The van der Waals surface area contributed by atoms with Crippen molar-refractivity contribution in [3.8, 4) is 0 Å². The van der Waals surface area contributed by atoms with Gasteiger partial charge in [0.1, 0.15) is 0 Å². The summed E-state index contributed by atoms with van der Waals surface area (Å²) in [5.74, 6) is 1.37. The zero-order valence-electron chi connectivity index (χ0n) is 6.99. The first-order chi connectivity index (χ1) is 5.72. The molecule has 3 heteroatoms. The largest absolute Gasteiger partial charge is 0.348 e. The first-order valence-electron chi connectivity index (χ1n) is 4.41. The molecule has 0 aromatic heterocycles. The highest BCUT2D eigenvalue weighted by atomic mass is 16.1. The van der Waals surface area contributed by atoms with Crippen LogP contribution in [0, 0.1) is 11.8 Å². The highest BCUT2D eigenvalue weighted by Gasteiger charge is 2.51. The van der Waals surface area contributed by atoms with Crippen molar-refractivity contribution in [2.45, 2.75) is 24.9 Å². The summed E-state index contributed by atoms with van der Waals surface area (Å²) < 4.78 is 0. The Morgan fingerprint density at radius 1 is 1.58 bits per heavy atom. The van der Waals surface area contributed by atoms with Gasteiger partial charge in [0, 0.05) is 12.1 Å². The molecule has 3 nitrogen and oxygen atoms in total. The van der Waals surface area contributed by atoms with Crippen molar-refractivity contribution in [1.82, 2.24) is 5.32 Å². The van der Waals surface area contributed by atoms with Crippen molar-refractivity contribution in [3.63, 3.8) is 0 Å². The van der Waals surface area contributed by atoms with Crippen molar-refractivity contribution in [1.29, 1.82) is 0 Å². The Bertz CT molecular complexity index is 227. The average molecular weight is 166 g/mol. The van der Waals surface area contributed by atoms with E-state index in [0.29, 0.717) is 5.92 Å². The van der Waals surface area contributed by atoms with Crippen LogP contribution in [0.2, 0.25) is 0 Å². The van der Waals surface area contributed by atoms with Crippen LogP contribution >= 0.6 is 0 Å². The summed E-state index contributed by atoms with van der Waals surface area (Å²) >= 11 is 0. The highest BCUT2D eigenvalue weighted by Crippen LogP contribution is 2.50. The molecule has 0 radical (unpaired) electrons. The number of carbonyl (C=O) groups is 1. The van der Waals surface area contributed by atoms with Crippen LogP contribution in [-0.2, 0) is 4.79 Å². The molecule has 1 amide bonds. The van der Waals surface area contributed by atoms with Crippen molar-refractivity contribution in [2.24, 2.45) is 17.6 Å². The van der Waals surface area contributed by atoms with Crippen LogP contribution in [0.15, 0.2) is 12.7 Å². The fraction of sp³-hybridized carbons (Fsp3) is 0.667. The molecule has 0 aromatic carbocycles. The van der Waals surface area contributed by atoms with E-state index in [1.165, 1.54) is 12.5 Å². The Hall–Kier alpha value is -0.830. The van der Waals surface area contributed by atoms with E-state index in [1.54, 1.807) is 0 Å². The third-order valence-corrected chi connectivity index (χ3v) is 3.01. The number of nitrogens with two attached hydrogens (primary N) is 1. The van der Waals surface area contributed by atoms with Gasteiger partial charge in [-0.05, 0) is 30.8 Å². The van der Waals surface area contributed by atoms with Crippen molar-refractivity contribution < 1.29 is 4.79 Å². The van der Waals surface area contributed by atoms with Crippen molar-refractivity contribution in [3.05, 3.63) is 12.7 Å². The van der Waals surface area contributed by atoms with Crippen LogP contribution in [0.3, 0.4) is 0 Å². The summed E-state index contributed by atoms with van der Waals surface area (Å²) in [5.41, 5.74) is 5.92. The van der Waals surface area contributed by atoms with Gasteiger partial charge in [0.05, 0.1) is 0 Å². The van der Waals surface area contributed by atoms with Gasteiger partial charge in [0.25, 0.3) is 0 Å². The number of amides is 1. The van der Waals surface area contributed by atoms with E-state index in [4.69, 9.17) is 5.73 Å². The van der Waals surface area contributed by atoms with Crippen LogP contribution in [0.25, 0.3) is 0 Å². The van der Waals surface area contributed by atoms with Gasteiger partial charge < -0.3 is 11.1 Å². The molecular formula is C9H14N2O. The molecular weight excluding hydrogens is 152 g/mol. The monoisotopic (exact) mass is 166 g/mol. The number of nitrogens with one attached hydrogen (secondary N) is 1. The minimum atomic E-state index is -0.100. The fourth-order valence-electron chi connectivity index (χ4n) is 2.19. The quantitative estimate of drug-likeness (QED) is 0.568. The predicted molar refractivity (Wildman–Crippen MR) is 46.3 cm³/mol. The predicted octanol–water partition coefficient (Wildman–Crippen LogP) is 0.0243. The van der Waals surface area contributed by atoms with E-state index in [2.05, 4.69) is 11.9 Å². The van der Waals surface area contributed by atoms with E-state index < -0.39 is 0 Å². The maximum absolute atomic E-state index is 11.0. The van der Waals surface area contributed by atoms with Gasteiger partial charge in [-0.15, -0.1) is 0 Å². The molecule has 66 valence electrons. The molecule has 0 bridgehead atoms. The molecule has 0 saturated heterocycles. The Balaban J connectivity index is 1.89. The summed E-state index contributed by atoms with van der Waals surface area (Å²) in [6.07, 6.45) is 3.63. The SMILES string of the molecule is C=CC(=O)NC1CC2CC2C1N. The third-order valence-electron chi connectivity index (χ3n) is 3.01. The molecule has 12 heavy (non-hydrogen) atoms. The number of carbonyl (C=O) groups excluding carboxylic acids is 1. The standard InChI is InChI=1S/C9H14N2O/c1-2-8(12)11-7-4-5-3-6(5)9(7)10/h2,5-7,9H,1,3-4,10H2,(H,11,12). The molecule has 2 aliphatic carbocycles. The van der Waals surface area contributed by atoms with Crippen LogP contribution in [-0.4, -0.2) is 18.0 Å². The summed E-state index contributed by atoms with van der Waals surface area (Å²) in [7, 11) is 0. The summed E-state index contributed by atoms with van der Waals surface area (Å²) in [5, 5.41) is 2.86. The Morgan fingerprint density at radius 3 is 2.83 bits per heavy atom. The van der Waals surface area contributed by atoms with Gasteiger partial charge in [0.2, 0.25) is 5.91 Å². The van der Waals surface area contributed by atoms with Gasteiger partial charge in [-0.1, -0.05) is 6.58 Å². The van der Waals surface area contributed by atoms with E-state index in [1.807, 2.05) is 0 Å². The Morgan fingerprint density at radius 2 is 2.33 bits per heavy atom. The molecule has 0 aromatic rings. The fourth-order valence-corrected chi connectivity index (χ4v) is 2.19. The zero-order valence-corrected chi connectivity index (χ0v) is 6.99. The van der Waals surface area contributed by atoms with Crippen LogP contribution in [0.4, 0.5) is 0 Å². The topological polar surface area (TPSA) is 55.1 Å². The van der Waals surface area contributed by atoms with Gasteiger partial charge in [-0.3, -0.25) is 4.79 Å². The van der Waals surface area contributed by atoms with Crippen molar-refractivity contribution in [2.75, 3.05) is 0 Å². The first kappa shape index (κ1) is 7.80. The second kappa shape index (κ2) is 2.59. The van der Waals surface area contributed by atoms with Gasteiger partial charge in [-0.2, -0.15) is 0 Å². The lowest BCUT2D eigenvalue weighted by atomic mass is 10.1. The normalized spacial score (nSPS) is 43.4. The second-order valence-electron chi connectivity index (χ2n) is 3.79. The van der Waals surface area contributed by atoms with E-state index in [0.717, 1.165) is 12.3 Å². The molecule has 2 saturated carbocycles. The lowest BCUT2D eigenvalue weighted by Gasteiger charge is -2.18. The first-order valence-corrected chi connectivity index (χ1v) is 4.41. The van der Waals surface area contributed by atoms with Crippen molar-refractivity contribution >= 4 is 5.91 Å². The van der Waals surface area contributed by atoms with E-state index >= 15 is 0 Å². The molecule has 4 atom stereocenters. The van der Waals surface area contributed by atoms with Crippen LogP contribution in [0.5, 0.6) is 0 Å². The molecule has 0 aliphatic heterocycles. The number of hydrogen-bond donors (Lipinski definition) is 2. The maximum atomic E-state index is 11.0. The number of rotatable bonds is 2. The minimum Gasteiger partial charge on any atom is -0.348 e. The Kier molecular flexibility index (Phi) is 1.68. The van der Waals surface area contributed by atoms with Crippen LogP contribution < -0.4 is 11.1 Å². The zero-order chi connectivity index (χ0) is 8.72. The molecule has 2 rings (SSSR count). The third kappa shape index (κ3) is 1.14.